The monoisotopic (exact) mass is 159 g/mol. The number of hydrogen-bond acceptors (Lipinski definition) is 1. The second kappa shape index (κ2) is 4.14. The first-order valence-electron chi connectivity index (χ1n) is 1.70. The van der Waals surface area contributed by atoms with E-state index in [2.05, 4.69) is 4.65 Å². The van der Waals surface area contributed by atoms with Crippen LogP contribution in [0.3, 0.4) is 0 Å². The molecule has 6 heavy (non-hydrogen) atoms. The molecule has 0 rings (SSSR count). The summed E-state index contributed by atoms with van der Waals surface area (Å²) in [4.78, 5) is 0. The van der Waals surface area contributed by atoms with E-state index in [0.717, 1.165) is 10.4 Å². The molecule has 1 nitrogen and oxygen atoms in total. The predicted molar refractivity (Wildman–Crippen MR) is 37.1 cm³/mol. The van der Waals surface area contributed by atoms with Crippen LogP contribution in [0.5, 0.6) is 0 Å². The van der Waals surface area contributed by atoms with Crippen LogP contribution in [0, 0.1) is 0 Å². The summed E-state index contributed by atoms with van der Waals surface area (Å²) >= 11 is 10.7. The normalized spacial score (nSPS) is 12.5. The van der Waals surface area contributed by atoms with Crippen LogP contribution < -0.4 is 4.65 Å². The molecule has 0 atom stereocenters. The van der Waals surface area contributed by atoms with Gasteiger partial charge in [0.25, 0.3) is 0 Å². The van der Waals surface area contributed by atoms with E-state index < -0.39 is 0 Å². The van der Waals surface area contributed by atoms with E-state index in [9.17, 15) is 0 Å². The average molecular weight is 160 g/mol. The van der Waals surface area contributed by atoms with Gasteiger partial charge in [-0.3, -0.25) is 0 Å². The molecule has 0 aromatic heterocycles. The van der Waals surface area contributed by atoms with Gasteiger partial charge in [0.1, 0.15) is 14.1 Å². The summed E-state index contributed by atoms with van der Waals surface area (Å²) in [5.41, 5.74) is 0. The Balaban J connectivity index is 2.63. The lowest BCUT2D eigenvalue weighted by Gasteiger charge is -1.92. The summed E-state index contributed by atoms with van der Waals surface area (Å²) in [7, 11) is 0.729. The smallest absolute Gasteiger partial charge is 0.122 e. The summed E-state index contributed by atoms with van der Waals surface area (Å²) in [5, 5.41) is 0. The van der Waals surface area contributed by atoms with E-state index in [1.165, 1.54) is 0 Å². The maximum absolute atomic E-state index is 5.36. The molecule has 0 aliphatic heterocycles. The van der Waals surface area contributed by atoms with Gasteiger partial charge in [-0.15, -0.1) is 23.2 Å². The van der Waals surface area contributed by atoms with Crippen LogP contribution in [0.1, 0.15) is 0 Å². The molecule has 0 aromatic rings. The van der Waals surface area contributed by atoms with Crippen molar-refractivity contribution in [3.63, 3.8) is 0 Å². The van der Waals surface area contributed by atoms with Crippen molar-refractivity contribution >= 4 is 43.3 Å². The van der Waals surface area contributed by atoms with Gasteiger partial charge in [-0.25, -0.2) is 0 Å². The Morgan fingerprint density at radius 3 is 2.17 bits per heavy atom. The lowest BCUT2D eigenvalue weighted by Crippen LogP contribution is -2.20. The molecular weight excluding hydrogens is 153 g/mol. The Morgan fingerprint density at radius 2 is 2.17 bits per heavy atom. The number of hydrogen-bond donors (Lipinski definition) is 1. The van der Waals surface area contributed by atoms with Gasteiger partial charge in [-0.05, 0) is 0 Å². The van der Waals surface area contributed by atoms with E-state index >= 15 is 0 Å². The number of halogens is 2. The molecule has 0 heterocycles. The van der Waals surface area contributed by atoms with Gasteiger partial charge in [0.2, 0.25) is 0 Å². The Kier molecular flexibility index (Phi) is 4.81. The molecule has 0 amide bonds. The molecule has 0 bridgehead atoms. The second-order valence-corrected chi connectivity index (χ2v) is 7.31. The van der Waals surface area contributed by atoms with Gasteiger partial charge in [-0.1, -0.05) is 0 Å². The highest BCUT2D eigenvalue weighted by molar-refractivity contribution is 6.69. The van der Waals surface area contributed by atoms with Gasteiger partial charge in [0.15, 0.2) is 0 Å². The van der Waals surface area contributed by atoms with Crippen LogP contribution in [0.4, 0.5) is 0 Å². The predicted octanol–water partition coefficient (Wildman–Crippen LogP) is -1.30. The fourth-order valence-electron chi connectivity index (χ4n) is 0.154. The quantitative estimate of drug-likeness (QED) is 0.391. The minimum absolute atomic E-state index is 0.0949. The zero-order valence-corrected chi connectivity index (χ0v) is 8.47. The summed E-state index contributed by atoms with van der Waals surface area (Å²) < 4.78 is 2.99. The maximum atomic E-state index is 5.36. The van der Waals surface area contributed by atoms with E-state index in [-0.39, 0.29) is 14.1 Å². The van der Waals surface area contributed by atoms with Crippen LogP contribution in [-0.2, 0) is 0 Å². The molecule has 0 fully saturated rings. The zero-order valence-electron chi connectivity index (χ0n) is 3.54. The molecule has 0 spiro atoms. The molecule has 0 aliphatic carbocycles. The van der Waals surface area contributed by atoms with Crippen molar-refractivity contribution in [3.8, 4) is 0 Å². The van der Waals surface area contributed by atoms with Gasteiger partial charge in [0.05, 0.1) is 10.4 Å². The Hall–Kier alpha value is 0.974. The van der Waals surface area contributed by atoms with E-state index in [1.54, 1.807) is 0 Å². The molecule has 0 unspecified atom stereocenters. The van der Waals surface area contributed by atoms with Crippen molar-refractivity contribution in [2.45, 2.75) is 4.46 Å². The molecule has 0 saturated carbocycles. The summed E-state index contributed by atoms with van der Waals surface area (Å²) in [6.45, 7) is 0. The molecule has 0 aromatic carbocycles. The van der Waals surface area contributed by atoms with Crippen molar-refractivity contribution in [2.75, 3.05) is 0 Å². The maximum Gasteiger partial charge on any atom is 0.122 e. The van der Waals surface area contributed by atoms with Gasteiger partial charge in [0, 0.05) is 0 Å². The Labute approximate surface area is 52.8 Å². The van der Waals surface area contributed by atoms with Crippen LogP contribution in [-0.4, -0.2) is 24.5 Å². The molecule has 0 radical (unpaired) electrons. The zero-order chi connectivity index (χ0) is 4.99. The third kappa shape index (κ3) is 4.97. The number of nitrogens with one attached hydrogen (secondary N) is 1. The lowest BCUT2D eigenvalue weighted by molar-refractivity contribution is 1.57. The average Bonchev–Trinajstić information content (AvgIpc) is 1.35. The standard InChI is InChI=1S/CH7Cl2NSi2/c2-1(3)6-4-5/h1,4H,6H2,5H3. The highest BCUT2D eigenvalue weighted by atomic mass is 35.5. The summed E-state index contributed by atoms with van der Waals surface area (Å²) in [6, 6.07) is 0. The lowest BCUT2D eigenvalue weighted by atomic mass is 11.9. The van der Waals surface area contributed by atoms with Crippen molar-refractivity contribution < 1.29 is 0 Å². The third-order valence-corrected chi connectivity index (χ3v) is 3.23. The highest BCUT2D eigenvalue weighted by Crippen LogP contribution is 1.94. The highest BCUT2D eigenvalue weighted by Gasteiger charge is 1.92. The van der Waals surface area contributed by atoms with E-state index in [1.807, 2.05) is 0 Å². The first-order chi connectivity index (χ1) is 2.77. The van der Waals surface area contributed by atoms with Crippen LogP contribution in [0.25, 0.3) is 0 Å². The Bertz CT molecular complexity index is 32.7. The molecule has 5 heteroatoms. The Morgan fingerprint density at radius 1 is 1.67 bits per heavy atom. The van der Waals surface area contributed by atoms with Gasteiger partial charge >= 0.3 is 0 Å². The number of rotatable bonds is 2. The van der Waals surface area contributed by atoms with Crippen LogP contribution >= 0.6 is 23.2 Å². The molecular formula is CH7Cl2NSi2. The minimum atomic E-state index is -0.301. The molecule has 1 N–H and O–H groups in total. The summed E-state index contributed by atoms with van der Waals surface area (Å²) in [5.74, 6) is 0. The van der Waals surface area contributed by atoms with Gasteiger partial charge < -0.3 is 4.65 Å². The van der Waals surface area contributed by atoms with Crippen molar-refractivity contribution in [3.05, 3.63) is 0 Å². The SMILES string of the molecule is [SiH3]N[SiH2]C(Cl)Cl. The first kappa shape index (κ1) is 6.97. The third-order valence-electron chi connectivity index (χ3n) is 0.358. The topological polar surface area (TPSA) is 12.0 Å². The fraction of sp³-hybridized carbons (Fsp3) is 1.00. The fourth-order valence-corrected chi connectivity index (χ4v) is 4.17. The second-order valence-electron chi connectivity index (χ2n) is 0.949. The van der Waals surface area contributed by atoms with Crippen molar-refractivity contribution in [1.82, 2.24) is 4.65 Å². The van der Waals surface area contributed by atoms with Gasteiger partial charge in [-0.2, -0.15) is 0 Å². The first-order valence-corrected chi connectivity index (χ1v) is 5.09. The van der Waals surface area contributed by atoms with Crippen LogP contribution in [0.2, 0.25) is 0 Å². The summed E-state index contributed by atoms with van der Waals surface area (Å²) in [6.07, 6.45) is 0. The van der Waals surface area contributed by atoms with Crippen LogP contribution in [0.15, 0.2) is 0 Å². The molecule has 38 valence electrons. The molecule has 0 saturated heterocycles. The van der Waals surface area contributed by atoms with Crippen molar-refractivity contribution in [2.24, 2.45) is 0 Å². The minimum Gasteiger partial charge on any atom is -0.370 e. The largest absolute Gasteiger partial charge is 0.370 e. The number of alkyl halides is 2. The van der Waals surface area contributed by atoms with Crippen molar-refractivity contribution in [1.29, 1.82) is 0 Å². The van der Waals surface area contributed by atoms with E-state index in [4.69, 9.17) is 23.2 Å². The van der Waals surface area contributed by atoms with E-state index in [0.29, 0.717) is 0 Å². The molecule has 0 aliphatic rings.